The van der Waals surface area contributed by atoms with Gasteiger partial charge in [-0.3, -0.25) is 7.32 Å². The van der Waals surface area contributed by atoms with Crippen molar-refractivity contribution in [1.82, 2.24) is 13.4 Å². The van der Waals surface area contributed by atoms with Crippen molar-refractivity contribution in [2.75, 3.05) is 0 Å². The van der Waals surface area contributed by atoms with Crippen molar-refractivity contribution in [2.45, 2.75) is 402 Å². The van der Waals surface area contributed by atoms with E-state index in [0.717, 1.165) is 57.8 Å². The molecule has 744 valence electrons. The van der Waals surface area contributed by atoms with Crippen LogP contribution in [0.3, 0.4) is 0 Å². The van der Waals surface area contributed by atoms with Gasteiger partial charge in [0, 0.05) is 138 Å². The maximum atomic E-state index is 8.42. The van der Waals surface area contributed by atoms with Gasteiger partial charge in [0.05, 0.1) is 0 Å². The van der Waals surface area contributed by atoms with Gasteiger partial charge in [-0.05, 0) is 332 Å². The Bertz CT molecular complexity index is 5200. The second-order valence-electron chi connectivity index (χ2n) is 41.9. The molecule has 0 aliphatic rings. The molecule has 0 radical (unpaired) electrons. The summed E-state index contributed by atoms with van der Waals surface area (Å²) in [5, 5.41) is 25.2. The first kappa shape index (κ1) is 113. The zero-order chi connectivity index (χ0) is 102. The Balaban J connectivity index is 0.000000228. The highest BCUT2D eigenvalue weighted by atomic mass is 16.5. The van der Waals surface area contributed by atoms with E-state index in [1.807, 2.05) is 0 Å². The Hall–Kier alpha value is -9.54. The highest BCUT2D eigenvalue weighted by Gasteiger charge is 2.51. The summed E-state index contributed by atoms with van der Waals surface area (Å²) in [5.74, 6) is 0. The largest absolute Gasteiger partial charge is 0.907 e. The standard InChI is InChI=1S/3C44H60N.BO3/c3*1-12-15-18-38-36(10)39(19-16-13-2)40(20-17-14-3)44(37(38)11)45(41-24-21-30(4)27-33(41)7,42-25-22-31(5)28-34(42)8)43-26-23-32(6)29-35(43)9;2-1(3)4/h3*21-29H,12-20H2,1-11H3;/q3*+1;-3. The van der Waals surface area contributed by atoms with E-state index in [1.54, 1.807) is 66.8 Å². The van der Waals surface area contributed by atoms with Crippen molar-refractivity contribution in [3.05, 3.63) is 347 Å². The molecule has 12 aromatic rings. The Morgan fingerprint density at radius 3 is 0.396 bits per heavy atom. The molecule has 0 spiro atoms. The molecule has 0 amide bonds. The van der Waals surface area contributed by atoms with Crippen molar-refractivity contribution in [1.29, 1.82) is 0 Å². The zero-order valence-electron chi connectivity index (χ0n) is 93.3. The summed E-state index contributed by atoms with van der Waals surface area (Å²) in [6, 6.07) is 64.7. The average Bonchev–Trinajstić information content (AvgIpc) is 0.706. The van der Waals surface area contributed by atoms with Crippen molar-refractivity contribution in [3.8, 4) is 0 Å². The van der Waals surface area contributed by atoms with Crippen LogP contribution in [-0.2, 0) is 57.8 Å². The molecule has 0 aliphatic heterocycles. The maximum absolute atomic E-state index is 8.42. The number of unbranched alkanes of at least 4 members (excludes halogenated alkanes) is 9. The van der Waals surface area contributed by atoms with Crippen LogP contribution in [0.4, 0.5) is 68.2 Å². The van der Waals surface area contributed by atoms with E-state index in [-0.39, 0.29) is 0 Å². The fraction of sp³-hybridized carbons (Fsp3) is 0.455. The summed E-state index contributed by atoms with van der Waals surface area (Å²) in [6.45, 7) is 77.0. The van der Waals surface area contributed by atoms with E-state index in [2.05, 4.69) is 392 Å². The van der Waals surface area contributed by atoms with E-state index in [1.165, 1.54) is 301 Å². The summed E-state index contributed by atoms with van der Waals surface area (Å²) in [4.78, 5) is 0. The second kappa shape index (κ2) is 51.9. The van der Waals surface area contributed by atoms with E-state index in [9.17, 15) is 0 Å². The molecule has 0 aliphatic carbocycles. The molecule has 12 aromatic carbocycles. The molecule has 0 unspecified atom stereocenters. The Morgan fingerprint density at radius 2 is 0.281 bits per heavy atom. The molecular weight excluding hydrogens is 1690 g/mol. The number of rotatable bonds is 39. The summed E-state index contributed by atoms with van der Waals surface area (Å²) in [5.41, 5.74) is 64.4. The third-order valence-electron chi connectivity index (χ3n) is 30.5. The molecule has 139 heavy (non-hydrogen) atoms. The molecule has 0 fully saturated rings. The molecule has 0 atom stereocenters. The number of aryl methyl sites for hydroxylation is 18. The Labute approximate surface area is 847 Å². The van der Waals surface area contributed by atoms with Gasteiger partial charge < -0.3 is 15.1 Å². The fourth-order valence-corrected chi connectivity index (χ4v) is 24.0. The average molecular weight is 1870 g/mol. The number of hydrogen-bond acceptors (Lipinski definition) is 3. The van der Waals surface area contributed by atoms with Crippen LogP contribution < -0.4 is 28.5 Å². The summed E-state index contributed by atoms with van der Waals surface area (Å²) in [7, 11) is -2.92. The van der Waals surface area contributed by atoms with Crippen LogP contribution in [0, 0.1) is 166 Å². The minimum absolute atomic E-state index is 0.633. The minimum Gasteiger partial charge on any atom is -0.907 e. The van der Waals surface area contributed by atoms with E-state index in [4.69, 9.17) is 15.1 Å². The lowest BCUT2D eigenvalue weighted by Crippen LogP contribution is -2.56. The highest BCUT2D eigenvalue weighted by molar-refractivity contribution is 6.24. The van der Waals surface area contributed by atoms with Gasteiger partial charge in [-0.1, -0.05) is 279 Å². The van der Waals surface area contributed by atoms with Gasteiger partial charge in [0.25, 0.3) is 0 Å². The first-order valence-corrected chi connectivity index (χ1v) is 54.1. The van der Waals surface area contributed by atoms with Gasteiger partial charge in [0.2, 0.25) is 0 Å². The van der Waals surface area contributed by atoms with Gasteiger partial charge in [-0.15, -0.1) is 0 Å². The number of hydrogen-bond donors (Lipinski definition) is 0. The first-order valence-electron chi connectivity index (χ1n) is 54.1. The van der Waals surface area contributed by atoms with Crippen LogP contribution in [0.15, 0.2) is 164 Å². The molecule has 0 saturated carbocycles. The molecule has 7 heteroatoms. The molecule has 6 nitrogen and oxygen atoms in total. The maximum Gasteiger partial charge on any atom is 0.154 e. The SMILES string of the molecule is CCCCc1c(C)c(CCCC)c(CCCC)c([N+](c2ccc(C)cc2C)(c2ccc(C)cc2C)c2ccc(C)cc2C)c1C.CCCCc1c(C)c(CCCC)c(CCCC)c([N+](c2ccc(C)cc2C)(c2ccc(C)cc2C)c2ccc(C)cc2C)c1C.CCCCc1c(C)c(CCCC)c(CCCC)c([N+](c2ccc(C)cc2C)(c2ccc(C)cc2C)c2ccc(C)cc2C)c1C.[O-]B([O-])[O-]. The van der Waals surface area contributed by atoms with Gasteiger partial charge >= 0.3 is 0 Å². The van der Waals surface area contributed by atoms with Crippen LogP contribution in [-0.4, -0.2) is 7.32 Å². The van der Waals surface area contributed by atoms with Gasteiger partial charge in [-0.25, -0.2) is 0 Å². The molecule has 0 heterocycles. The first-order chi connectivity index (χ1) is 66.3. The molecule has 0 bridgehead atoms. The third-order valence-corrected chi connectivity index (χ3v) is 30.5. The number of benzene rings is 12. The lowest BCUT2D eigenvalue weighted by molar-refractivity contribution is -0.479. The molecular formula is C132H180BN3O3. The Morgan fingerprint density at radius 1 is 0.165 bits per heavy atom. The van der Waals surface area contributed by atoms with Crippen LogP contribution >= 0.6 is 0 Å². The molecule has 0 N–H and O–H groups in total. The second-order valence-corrected chi connectivity index (χ2v) is 41.9. The van der Waals surface area contributed by atoms with Crippen molar-refractivity contribution in [3.63, 3.8) is 0 Å². The van der Waals surface area contributed by atoms with E-state index >= 15 is 0 Å². The highest BCUT2D eigenvalue weighted by Crippen LogP contribution is 2.63. The molecule has 12 rings (SSSR count). The van der Waals surface area contributed by atoms with Gasteiger partial charge in [0.1, 0.15) is 0 Å². The fourth-order valence-electron chi connectivity index (χ4n) is 24.0. The smallest absolute Gasteiger partial charge is 0.154 e. The summed E-state index contributed by atoms with van der Waals surface area (Å²) in [6.07, 6.45) is 32.0. The van der Waals surface area contributed by atoms with Crippen LogP contribution in [0.5, 0.6) is 0 Å². The van der Waals surface area contributed by atoms with Crippen molar-refractivity contribution >= 4 is 75.6 Å². The predicted octanol–water partition coefficient (Wildman–Crippen LogP) is 36.5. The monoisotopic (exact) mass is 1870 g/mol. The number of nitrogens with zero attached hydrogens (tertiary/aromatic N) is 3. The lowest BCUT2D eigenvalue weighted by atomic mass is 9.82. The molecule has 0 saturated heterocycles. The van der Waals surface area contributed by atoms with Crippen molar-refractivity contribution in [2.24, 2.45) is 0 Å². The van der Waals surface area contributed by atoms with Crippen LogP contribution in [0.1, 0.15) is 361 Å². The topological polar surface area (TPSA) is 69.2 Å². The van der Waals surface area contributed by atoms with Gasteiger partial charge in [-0.2, -0.15) is 13.4 Å². The summed E-state index contributed by atoms with van der Waals surface area (Å²) >= 11 is 0. The van der Waals surface area contributed by atoms with Crippen LogP contribution in [0.25, 0.3) is 0 Å². The zero-order valence-corrected chi connectivity index (χ0v) is 93.3. The Kier molecular flexibility index (Phi) is 42.2. The van der Waals surface area contributed by atoms with E-state index < -0.39 is 7.32 Å². The lowest BCUT2D eigenvalue weighted by Gasteiger charge is -2.43. The molecule has 0 aromatic heterocycles. The van der Waals surface area contributed by atoms with Crippen molar-refractivity contribution < 1.29 is 15.1 Å². The van der Waals surface area contributed by atoms with Gasteiger partial charge in [0.15, 0.2) is 68.2 Å². The van der Waals surface area contributed by atoms with Crippen LogP contribution in [0.2, 0.25) is 0 Å². The number of quaternary nitrogens is 3. The minimum atomic E-state index is -2.92. The van der Waals surface area contributed by atoms with E-state index in [0.29, 0.717) is 13.4 Å². The normalized spacial score (nSPS) is 11.7. The predicted molar refractivity (Wildman–Crippen MR) is 607 cm³/mol. The third kappa shape index (κ3) is 24.9. The quantitative estimate of drug-likeness (QED) is 0.0285. The summed E-state index contributed by atoms with van der Waals surface area (Å²) < 4.78 is 1.90.